The van der Waals surface area contributed by atoms with Crippen molar-refractivity contribution in [2.45, 2.75) is 19.4 Å². The Morgan fingerprint density at radius 3 is 2.86 bits per heavy atom. The summed E-state index contributed by atoms with van der Waals surface area (Å²) in [6.07, 6.45) is 1.87. The minimum absolute atomic E-state index is 0.232. The Labute approximate surface area is 127 Å². The van der Waals surface area contributed by atoms with Crippen molar-refractivity contribution in [1.82, 2.24) is 0 Å². The number of nitrogens with zero attached hydrogens (tertiary/aromatic N) is 2. The molecule has 5 nitrogen and oxygen atoms in total. The van der Waals surface area contributed by atoms with Gasteiger partial charge in [-0.3, -0.25) is 10.1 Å². The highest BCUT2D eigenvalue weighted by Crippen LogP contribution is 2.32. The molecule has 3 rings (SSSR count). The highest BCUT2D eigenvalue weighted by Gasteiger charge is 2.20. The topological polar surface area (TPSA) is 72.4 Å². The number of nitro benzene ring substituents is 1. The van der Waals surface area contributed by atoms with Gasteiger partial charge in [0.05, 0.1) is 11.0 Å². The Kier molecular flexibility index (Phi) is 3.66. The molecular weight excluding hydrogens is 285 g/mol. The van der Waals surface area contributed by atoms with Crippen molar-refractivity contribution >= 4 is 17.1 Å². The van der Waals surface area contributed by atoms with E-state index >= 15 is 0 Å². The molecule has 0 fully saturated rings. The molecule has 0 saturated heterocycles. The van der Waals surface area contributed by atoms with Crippen molar-refractivity contribution in [3.63, 3.8) is 0 Å². The van der Waals surface area contributed by atoms with Gasteiger partial charge in [0, 0.05) is 36.1 Å². The van der Waals surface area contributed by atoms with E-state index in [0.29, 0.717) is 12.1 Å². The maximum absolute atomic E-state index is 14.1. The summed E-state index contributed by atoms with van der Waals surface area (Å²) in [4.78, 5) is 12.1. The second kappa shape index (κ2) is 5.63. The summed E-state index contributed by atoms with van der Waals surface area (Å²) < 4.78 is 14.1. The smallest absolute Gasteiger partial charge is 0.272 e. The lowest BCUT2D eigenvalue weighted by Crippen LogP contribution is -2.29. The fraction of sp³-hybridized carbons (Fsp3) is 0.250. The molecule has 0 radical (unpaired) electrons. The van der Waals surface area contributed by atoms with Gasteiger partial charge >= 0.3 is 0 Å². The predicted molar refractivity (Wildman–Crippen MR) is 83.3 cm³/mol. The molecule has 0 unspecified atom stereocenters. The molecule has 1 heterocycles. The minimum Gasteiger partial charge on any atom is -0.398 e. The molecule has 1 aliphatic heterocycles. The number of halogens is 1. The van der Waals surface area contributed by atoms with Crippen LogP contribution in [0.3, 0.4) is 0 Å². The van der Waals surface area contributed by atoms with E-state index in [-0.39, 0.29) is 5.69 Å². The molecule has 114 valence electrons. The van der Waals surface area contributed by atoms with E-state index < -0.39 is 10.7 Å². The van der Waals surface area contributed by atoms with Crippen molar-refractivity contribution in [2.24, 2.45) is 0 Å². The maximum atomic E-state index is 14.1. The van der Waals surface area contributed by atoms with E-state index in [1.807, 2.05) is 18.2 Å². The lowest BCUT2D eigenvalue weighted by molar-refractivity contribution is -0.385. The van der Waals surface area contributed by atoms with Crippen molar-refractivity contribution < 1.29 is 9.31 Å². The fourth-order valence-corrected chi connectivity index (χ4v) is 2.88. The van der Waals surface area contributed by atoms with Crippen LogP contribution >= 0.6 is 0 Å². The molecule has 2 aromatic carbocycles. The highest BCUT2D eigenvalue weighted by atomic mass is 19.1. The third-order valence-electron chi connectivity index (χ3n) is 3.99. The van der Waals surface area contributed by atoms with Gasteiger partial charge in [0.2, 0.25) is 0 Å². The van der Waals surface area contributed by atoms with Gasteiger partial charge < -0.3 is 10.6 Å². The average molecular weight is 301 g/mol. The van der Waals surface area contributed by atoms with Crippen LogP contribution in [0.2, 0.25) is 0 Å². The molecule has 22 heavy (non-hydrogen) atoms. The fourth-order valence-electron chi connectivity index (χ4n) is 2.88. The monoisotopic (exact) mass is 301 g/mol. The number of rotatable bonds is 3. The molecule has 0 atom stereocenters. The minimum atomic E-state index is -0.593. The second-order valence-electron chi connectivity index (χ2n) is 5.40. The van der Waals surface area contributed by atoms with Gasteiger partial charge in [0.1, 0.15) is 5.82 Å². The first-order valence-electron chi connectivity index (χ1n) is 7.11. The van der Waals surface area contributed by atoms with E-state index in [4.69, 9.17) is 5.73 Å². The van der Waals surface area contributed by atoms with Crippen molar-refractivity contribution in [3.8, 4) is 0 Å². The number of hydrogen-bond acceptors (Lipinski definition) is 4. The number of hydrogen-bond donors (Lipinski definition) is 1. The second-order valence-corrected chi connectivity index (χ2v) is 5.40. The van der Waals surface area contributed by atoms with Crippen LogP contribution in [-0.2, 0) is 13.0 Å². The van der Waals surface area contributed by atoms with E-state index in [1.165, 1.54) is 12.1 Å². The first kappa shape index (κ1) is 14.3. The van der Waals surface area contributed by atoms with Gasteiger partial charge in [-0.1, -0.05) is 6.07 Å². The third-order valence-corrected chi connectivity index (χ3v) is 3.99. The summed E-state index contributed by atoms with van der Waals surface area (Å²) in [6, 6.07) is 9.53. The van der Waals surface area contributed by atoms with Crippen LogP contribution in [0, 0.1) is 15.9 Å². The Balaban J connectivity index is 1.89. The van der Waals surface area contributed by atoms with Gasteiger partial charge in [-0.15, -0.1) is 0 Å². The zero-order valence-electron chi connectivity index (χ0n) is 12.0. The summed E-state index contributed by atoms with van der Waals surface area (Å²) in [6.45, 7) is 1.19. The van der Waals surface area contributed by atoms with E-state index in [2.05, 4.69) is 4.90 Å². The zero-order valence-corrected chi connectivity index (χ0v) is 12.0. The van der Waals surface area contributed by atoms with Crippen LogP contribution in [0.4, 0.5) is 21.5 Å². The first-order valence-corrected chi connectivity index (χ1v) is 7.11. The molecule has 6 heteroatoms. The number of nitrogen functional groups attached to an aromatic ring is 1. The number of nitrogens with two attached hydrogens (primary N) is 1. The number of anilines is 2. The standard InChI is InChI=1S/C16H16FN3O2/c17-14-9-12(20(21)22)7-6-11(14)10-19-8-2-3-13-15(18)4-1-5-16(13)19/h1,4-7,9H,2-3,8,10,18H2. The van der Waals surface area contributed by atoms with Gasteiger partial charge in [0.15, 0.2) is 0 Å². The van der Waals surface area contributed by atoms with E-state index in [9.17, 15) is 14.5 Å². The summed E-state index contributed by atoms with van der Waals surface area (Å²) >= 11 is 0. The van der Waals surface area contributed by atoms with Gasteiger partial charge in [0.25, 0.3) is 5.69 Å². The number of nitro groups is 1. The van der Waals surface area contributed by atoms with Gasteiger partial charge in [-0.05, 0) is 36.6 Å². The SMILES string of the molecule is Nc1cccc2c1CCCN2Cc1ccc([N+](=O)[O-])cc1F. The first-order chi connectivity index (χ1) is 10.6. The van der Waals surface area contributed by atoms with Crippen molar-refractivity contribution in [3.05, 3.63) is 63.5 Å². The summed E-state index contributed by atoms with van der Waals surface area (Å²) in [5.41, 5.74) is 9.08. The van der Waals surface area contributed by atoms with E-state index in [0.717, 1.165) is 42.4 Å². The Bertz CT molecular complexity index is 733. The molecule has 0 aliphatic carbocycles. The quantitative estimate of drug-likeness (QED) is 0.536. The van der Waals surface area contributed by atoms with Crippen LogP contribution in [0.25, 0.3) is 0 Å². The normalized spacial score (nSPS) is 13.8. The van der Waals surface area contributed by atoms with Gasteiger partial charge in [-0.25, -0.2) is 4.39 Å². The molecule has 2 N–H and O–H groups in total. The molecule has 0 saturated carbocycles. The largest absolute Gasteiger partial charge is 0.398 e. The predicted octanol–water partition coefficient (Wildman–Crippen LogP) is 3.27. The lowest BCUT2D eigenvalue weighted by Gasteiger charge is -2.32. The zero-order chi connectivity index (χ0) is 15.7. The van der Waals surface area contributed by atoms with Gasteiger partial charge in [-0.2, -0.15) is 0 Å². The number of non-ortho nitro benzene ring substituents is 1. The van der Waals surface area contributed by atoms with Crippen LogP contribution in [0.15, 0.2) is 36.4 Å². The average Bonchev–Trinajstić information content (AvgIpc) is 2.50. The van der Waals surface area contributed by atoms with Crippen molar-refractivity contribution in [1.29, 1.82) is 0 Å². The summed E-state index contributed by atoms with van der Waals surface area (Å²) in [5, 5.41) is 10.7. The molecule has 2 aromatic rings. The third kappa shape index (κ3) is 2.59. The van der Waals surface area contributed by atoms with Crippen LogP contribution in [0.1, 0.15) is 17.5 Å². The molecule has 0 spiro atoms. The number of fused-ring (bicyclic) bond motifs is 1. The lowest BCUT2D eigenvalue weighted by atomic mass is 9.99. The number of benzene rings is 2. The van der Waals surface area contributed by atoms with E-state index in [1.54, 1.807) is 0 Å². The van der Waals surface area contributed by atoms with Crippen molar-refractivity contribution in [2.75, 3.05) is 17.2 Å². The summed E-state index contributed by atoms with van der Waals surface area (Å²) in [7, 11) is 0. The molecule has 0 bridgehead atoms. The Morgan fingerprint density at radius 2 is 2.14 bits per heavy atom. The summed E-state index contributed by atoms with van der Waals surface area (Å²) in [5.74, 6) is -0.551. The highest BCUT2D eigenvalue weighted by molar-refractivity contribution is 5.66. The van der Waals surface area contributed by atoms with Crippen LogP contribution in [-0.4, -0.2) is 11.5 Å². The Hall–Kier alpha value is -2.63. The molecule has 0 amide bonds. The molecule has 0 aromatic heterocycles. The Morgan fingerprint density at radius 1 is 1.32 bits per heavy atom. The molecular formula is C16H16FN3O2. The maximum Gasteiger partial charge on any atom is 0.272 e. The van der Waals surface area contributed by atoms with Crippen LogP contribution < -0.4 is 10.6 Å². The van der Waals surface area contributed by atoms with Crippen LogP contribution in [0.5, 0.6) is 0 Å². The molecule has 1 aliphatic rings.